The Morgan fingerprint density at radius 1 is 0.733 bits per heavy atom. The number of carbonyl (C=O) groups is 3. The quantitative estimate of drug-likeness (QED) is 0.143. The third-order valence-electron chi connectivity index (χ3n) is 8.03. The summed E-state index contributed by atoms with van der Waals surface area (Å²) in [4.78, 5) is 40.7. The molecule has 3 amide bonds. The van der Waals surface area contributed by atoms with Crippen LogP contribution in [0.4, 0.5) is 4.79 Å². The van der Waals surface area contributed by atoms with Crippen LogP contribution in [0, 0.1) is 11.8 Å². The van der Waals surface area contributed by atoms with Gasteiger partial charge in [-0.1, -0.05) is 129 Å². The highest BCUT2D eigenvalue weighted by Crippen LogP contribution is 2.28. The number of carboxylic acids is 1. The molecule has 3 atom stereocenters. The van der Waals surface area contributed by atoms with Crippen LogP contribution in [0.1, 0.15) is 42.9 Å². The number of aryl methyl sites for hydroxylation is 1. The van der Waals surface area contributed by atoms with Crippen LogP contribution >= 0.6 is 0 Å². The molecule has 0 aliphatic heterocycles. The summed E-state index contributed by atoms with van der Waals surface area (Å²) in [6.45, 7) is 4.41. The summed E-state index contributed by atoms with van der Waals surface area (Å²) < 4.78 is 0. The predicted molar refractivity (Wildman–Crippen MR) is 179 cm³/mol. The molecule has 0 aliphatic rings. The molecule has 4 aromatic carbocycles. The van der Waals surface area contributed by atoms with E-state index in [1.54, 1.807) is 4.90 Å². The van der Waals surface area contributed by atoms with Gasteiger partial charge in [-0.2, -0.15) is 0 Å². The highest BCUT2D eigenvalue weighted by molar-refractivity contribution is 5.84. The maximum Gasteiger partial charge on any atom is 0.326 e. The number of hydrogen-bond acceptors (Lipinski definition) is 3. The number of hydrogen-bond donors (Lipinski definition) is 3. The molecule has 0 saturated carbocycles. The first-order valence-electron chi connectivity index (χ1n) is 15.5. The van der Waals surface area contributed by atoms with Gasteiger partial charge in [0.05, 0.1) is 5.92 Å². The number of primary amides is 1. The van der Waals surface area contributed by atoms with Gasteiger partial charge in [0.15, 0.2) is 0 Å². The van der Waals surface area contributed by atoms with Crippen LogP contribution in [-0.4, -0.2) is 47.0 Å². The number of rotatable bonds is 15. The first-order valence-corrected chi connectivity index (χ1v) is 15.5. The molecule has 7 heteroatoms. The van der Waals surface area contributed by atoms with Crippen molar-refractivity contribution in [3.05, 3.63) is 132 Å². The third kappa shape index (κ3) is 9.80. The number of nitrogens with two attached hydrogens (primary N) is 1. The average molecular weight is 606 g/mol. The Balaban J connectivity index is 1.59. The van der Waals surface area contributed by atoms with Crippen LogP contribution in [0.25, 0.3) is 11.1 Å². The second-order valence-corrected chi connectivity index (χ2v) is 12.0. The molecule has 0 bridgehead atoms. The topological polar surface area (TPSA) is 113 Å². The van der Waals surface area contributed by atoms with Crippen LogP contribution in [0.15, 0.2) is 115 Å². The lowest BCUT2D eigenvalue weighted by atomic mass is 9.85. The van der Waals surface area contributed by atoms with Crippen molar-refractivity contribution in [3.63, 3.8) is 0 Å². The summed E-state index contributed by atoms with van der Waals surface area (Å²) >= 11 is 0. The Kier molecular flexibility index (Phi) is 11.9. The minimum Gasteiger partial charge on any atom is -0.480 e. The zero-order valence-electron chi connectivity index (χ0n) is 26.0. The van der Waals surface area contributed by atoms with E-state index in [1.165, 1.54) is 0 Å². The second kappa shape index (κ2) is 16.2. The molecule has 0 spiro atoms. The average Bonchev–Trinajstić information content (AvgIpc) is 3.05. The molecule has 234 valence electrons. The van der Waals surface area contributed by atoms with Crippen molar-refractivity contribution in [1.82, 2.24) is 10.2 Å². The molecular formula is C38H43N3O4. The van der Waals surface area contributed by atoms with Crippen molar-refractivity contribution in [2.24, 2.45) is 17.6 Å². The first-order chi connectivity index (χ1) is 21.7. The summed E-state index contributed by atoms with van der Waals surface area (Å²) in [5.41, 5.74) is 10.7. The number of amides is 3. The number of carbonyl (C=O) groups excluding carboxylic acids is 2. The molecule has 4 aromatic rings. The number of carboxylic acid groups (broad SMARTS) is 1. The fourth-order valence-corrected chi connectivity index (χ4v) is 5.66. The Hall–Kier alpha value is -4.91. The molecule has 4 N–H and O–H groups in total. The fourth-order valence-electron chi connectivity index (χ4n) is 5.66. The Bertz CT molecular complexity index is 1510. The van der Waals surface area contributed by atoms with E-state index in [0.29, 0.717) is 25.8 Å². The van der Waals surface area contributed by atoms with E-state index in [9.17, 15) is 19.5 Å². The highest BCUT2D eigenvalue weighted by atomic mass is 16.4. The van der Waals surface area contributed by atoms with E-state index in [2.05, 4.69) is 5.32 Å². The standard InChI is InChI=1S/C38H43N3O4/c1-27(2)25-41(26-33(36(39)42)19-18-28-12-6-3-7-13-28)38(45)40-35(37(43)44)34(24-29-14-8-4-9-15-29)32-22-20-31(21-23-32)30-16-10-5-11-17-30/h3-17,20-23,27,33-35H,18-19,24-26H2,1-2H3,(H2,39,42)(H,40,45)(H,43,44)/t33-,34?,35-/m0/s1. The Morgan fingerprint density at radius 2 is 1.27 bits per heavy atom. The van der Waals surface area contributed by atoms with Gasteiger partial charge in [0.2, 0.25) is 5.91 Å². The minimum atomic E-state index is -1.22. The molecule has 0 fully saturated rings. The number of nitrogens with zero attached hydrogens (tertiary/aromatic N) is 1. The largest absolute Gasteiger partial charge is 0.480 e. The highest BCUT2D eigenvalue weighted by Gasteiger charge is 2.33. The normalized spacial score (nSPS) is 13.0. The minimum absolute atomic E-state index is 0.0901. The molecule has 4 rings (SSSR count). The van der Waals surface area contributed by atoms with E-state index in [1.807, 2.05) is 129 Å². The van der Waals surface area contributed by atoms with E-state index in [-0.39, 0.29) is 12.5 Å². The maximum atomic E-state index is 13.9. The van der Waals surface area contributed by atoms with Crippen LogP contribution in [0.2, 0.25) is 0 Å². The van der Waals surface area contributed by atoms with E-state index in [4.69, 9.17) is 5.73 Å². The number of nitrogens with one attached hydrogen (secondary N) is 1. The van der Waals surface area contributed by atoms with Crippen molar-refractivity contribution in [2.75, 3.05) is 13.1 Å². The lowest BCUT2D eigenvalue weighted by Crippen LogP contribution is -2.53. The van der Waals surface area contributed by atoms with Gasteiger partial charge in [0.25, 0.3) is 0 Å². The van der Waals surface area contributed by atoms with E-state index < -0.39 is 35.8 Å². The summed E-state index contributed by atoms with van der Waals surface area (Å²) in [6, 6.07) is 35.6. The van der Waals surface area contributed by atoms with Crippen LogP contribution in [-0.2, 0) is 22.4 Å². The summed E-state index contributed by atoms with van der Waals surface area (Å²) in [7, 11) is 0. The lowest BCUT2D eigenvalue weighted by molar-refractivity contribution is -0.140. The van der Waals surface area contributed by atoms with Crippen molar-refractivity contribution >= 4 is 17.9 Å². The Morgan fingerprint density at radius 3 is 1.80 bits per heavy atom. The van der Waals surface area contributed by atoms with Gasteiger partial charge in [-0.05, 0) is 53.0 Å². The van der Waals surface area contributed by atoms with Crippen molar-refractivity contribution in [2.45, 2.75) is 45.1 Å². The van der Waals surface area contributed by atoms with Gasteiger partial charge in [0, 0.05) is 19.0 Å². The third-order valence-corrected chi connectivity index (χ3v) is 8.03. The molecule has 45 heavy (non-hydrogen) atoms. The summed E-state index contributed by atoms with van der Waals surface area (Å²) in [5, 5.41) is 13.3. The zero-order valence-corrected chi connectivity index (χ0v) is 26.0. The van der Waals surface area contributed by atoms with Crippen LogP contribution in [0.5, 0.6) is 0 Å². The molecule has 0 saturated heterocycles. The zero-order chi connectivity index (χ0) is 32.2. The monoisotopic (exact) mass is 605 g/mol. The van der Waals surface area contributed by atoms with Crippen molar-refractivity contribution < 1.29 is 19.5 Å². The Labute approximate surface area is 266 Å². The van der Waals surface area contributed by atoms with Gasteiger partial charge in [0.1, 0.15) is 6.04 Å². The summed E-state index contributed by atoms with van der Waals surface area (Å²) in [6.07, 6.45) is 1.53. The molecule has 0 heterocycles. The van der Waals surface area contributed by atoms with Gasteiger partial charge in [-0.3, -0.25) is 4.79 Å². The van der Waals surface area contributed by atoms with Crippen molar-refractivity contribution in [1.29, 1.82) is 0 Å². The number of urea groups is 1. The SMILES string of the molecule is CC(C)CN(C[C@H](CCc1ccccc1)C(N)=O)C(=O)N[C@H](C(=O)O)C(Cc1ccccc1)c1ccc(-c2ccccc2)cc1. The summed E-state index contributed by atoms with van der Waals surface area (Å²) in [5.74, 6) is -2.65. The van der Waals surface area contributed by atoms with Crippen LogP contribution in [0.3, 0.4) is 0 Å². The smallest absolute Gasteiger partial charge is 0.326 e. The van der Waals surface area contributed by atoms with Gasteiger partial charge in [-0.15, -0.1) is 0 Å². The van der Waals surface area contributed by atoms with Gasteiger partial charge >= 0.3 is 12.0 Å². The molecule has 0 aromatic heterocycles. The van der Waals surface area contributed by atoms with E-state index >= 15 is 0 Å². The fraction of sp³-hybridized carbons (Fsp3) is 0.289. The predicted octanol–water partition coefficient (Wildman–Crippen LogP) is 6.54. The lowest BCUT2D eigenvalue weighted by Gasteiger charge is -2.32. The van der Waals surface area contributed by atoms with Crippen molar-refractivity contribution in [3.8, 4) is 11.1 Å². The molecule has 0 aliphatic carbocycles. The molecule has 0 radical (unpaired) electrons. The second-order valence-electron chi connectivity index (χ2n) is 12.0. The van der Waals surface area contributed by atoms with Crippen LogP contribution < -0.4 is 11.1 Å². The maximum absolute atomic E-state index is 13.9. The number of benzene rings is 4. The van der Waals surface area contributed by atoms with Gasteiger partial charge in [-0.25, -0.2) is 9.59 Å². The number of aliphatic carboxylic acids is 1. The van der Waals surface area contributed by atoms with Gasteiger partial charge < -0.3 is 21.1 Å². The molecule has 1 unspecified atom stereocenters. The molecule has 7 nitrogen and oxygen atoms in total. The first kappa shape index (κ1) is 33.0. The van der Waals surface area contributed by atoms with E-state index in [0.717, 1.165) is 27.8 Å². The molecular weight excluding hydrogens is 562 g/mol.